The zero-order chi connectivity index (χ0) is 8.27. The predicted molar refractivity (Wildman–Crippen MR) is 36.6 cm³/mol. The highest BCUT2D eigenvalue weighted by Gasteiger charge is 2.07. The number of nitrogens with zero attached hydrogens (tertiary/aromatic N) is 1. The molecule has 1 heterocycles. The summed E-state index contributed by atoms with van der Waals surface area (Å²) in [7, 11) is 0. The normalized spacial score (nSPS) is 9.18. The molecule has 0 aliphatic heterocycles. The van der Waals surface area contributed by atoms with Gasteiger partial charge in [0.1, 0.15) is 0 Å². The van der Waals surface area contributed by atoms with Crippen molar-refractivity contribution in [2.45, 2.75) is 0 Å². The van der Waals surface area contributed by atoms with Gasteiger partial charge in [-0.25, -0.2) is 4.79 Å². The molecule has 0 radical (unpaired) electrons. The number of pyridine rings is 1. The summed E-state index contributed by atoms with van der Waals surface area (Å²) in [6.07, 6.45) is 2.56. The third-order valence-electron chi connectivity index (χ3n) is 1.17. The van der Waals surface area contributed by atoms with E-state index in [0.717, 1.165) is 0 Å². The molecule has 5 heteroatoms. The van der Waals surface area contributed by atoms with Gasteiger partial charge in [-0.3, -0.25) is 15.7 Å². The van der Waals surface area contributed by atoms with Crippen LogP contribution in [-0.4, -0.2) is 21.3 Å². The Hall–Kier alpha value is -1.62. The van der Waals surface area contributed by atoms with E-state index in [0.29, 0.717) is 0 Å². The van der Waals surface area contributed by atoms with Crippen LogP contribution in [0.2, 0.25) is 0 Å². The highest BCUT2D eigenvalue weighted by Crippen LogP contribution is 2.11. The van der Waals surface area contributed by atoms with Gasteiger partial charge in [-0.05, 0) is 6.07 Å². The zero-order valence-electron chi connectivity index (χ0n) is 5.48. The van der Waals surface area contributed by atoms with Crippen molar-refractivity contribution < 1.29 is 15.1 Å². The summed E-state index contributed by atoms with van der Waals surface area (Å²) in [5.74, 6) is -1.11. The maximum atomic E-state index is 10.4. The molecule has 11 heavy (non-hydrogen) atoms. The fourth-order valence-corrected chi connectivity index (χ4v) is 0.670. The van der Waals surface area contributed by atoms with Crippen LogP contribution in [0.1, 0.15) is 10.4 Å². The molecular formula is C6H6N2O3. The molecule has 0 amide bonds. The third-order valence-corrected chi connectivity index (χ3v) is 1.17. The van der Waals surface area contributed by atoms with Crippen molar-refractivity contribution >= 4 is 11.7 Å². The van der Waals surface area contributed by atoms with Crippen LogP contribution >= 0.6 is 0 Å². The van der Waals surface area contributed by atoms with Gasteiger partial charge in [0, 0.05) is 6.20 Å². The van der Waals surface area contributed by atoms with Gasteiger partial charge < -0.3 is 5.11 Å². The number of anilines is 1. The van der Waals surface area contributed by atoms with E-state index in [2.05, 4.69) is 4.98 Å². The minimum Gasteiger partial charge on any atom is -0.478 e. The van der Waals surface area contributed by atoms with E-state index in [1.807, 2.05) is 0 Å². The molecular weight excluding hydrogens is 148 g/mol. The number of hydrogen-bond acceptors (Lipinski definition) is 4. The zero-order valence-corrected chi connectivity index (χ0v) is 5.48. The quantitative estimate of drug-likeness (QED) is 0.543. The minimum atomic E-state index is -1.11. The average Bonchev–Trinajstić information content (AvgIpc) is 2.04. The Bertz CT molecular complexity index is 274. The maximum absolute atomic E-state index is 10.4. The molecule has 0 unspecified atom stereocenters. The fourth-order valence-electron chi connectivity index (χ4n) is 0.670. The lowest BCUT2D eigenvalue weighted by Crippen LogP contribution is -2.02. The molecule has 0 fully saturated rings. The SMILES string of the molecule is O=C(O)c1ccncc1NO. The summed E-state index contributed by atoms with van der Waals surface area (Å²) in [6.45, 7) is 0. The molecule has 0 atom stereocenters. The first-order valence-electron chi connectivity index (χ1n) is 2.83. The number of aromatic carboxylic acids is 1. The monoisotopic (exact) mass is 154 g/mol. The van der Waals surface area contributed by atoms with Crippen molar-refractivity contribution in [1.29, 1.82) is 0 Å². The molecule has 0 saturated carbocycles. The first-order chi connectivity index (χ1) is 5.25. The molecule has 1 aromatic heterocycles. The third kappa shape index (κ3) is 1.44. The van der Waals surface area contributed by atoms with Gasteiger partial charge in [0.15, 0.2) is 0 Å². The lowest BCUT2D eigenvalue weighted by atomic mass is 10.2. The Morgan fingerprint density at radius 2 is 2.36 bits per heavy atom. The van der Waals surface area contributed by atoms with Gasteiger partial charge in [0.2, 0.25) is 0 Å². The second-order valence-corrected chi connectivity index (χ2v) is 1.84. The maximum Gasteiger partial charge on any atom is 0.338 e. The largest absolute Gasteiger partial charge is 0.478 e. The van der Waals surface area contributed by atoms with E-state index in [-0.39, 0.29) is 11.3 Å². The minimum absolute atomic E-state index is 0.0116. The number of carbonyl (C=O) groups is 1. The molecule has 0 saturated heterocycles. The Kier molecular flexibility index (Phi) is 2.03. The van der Waals surface area contributed by atoms with E-state index in [1.165, 1.54) is 18.5 Å². The van der Waals surface area contributed by atoms with Crippen LogP contribution in [0.5, 0.6) is 0 Å². The number of carboxylic acids is 1. The lowest BCUT2D eigenvalue weighted by Gasteiger charge is -2.00. The average molecular weight is 154 g/mol. The second-order valence-electron chi connectivity index (χ2n) is 1.84. The van der Waals surface area contributed by atoms with Crippen molar-refractivity contribution in [2.75, 3.05) is 5.48 Å². The Morgan fingerprint density at radius 3 is 2.82 bits per heavy atom. The van der Waals surface area contributed by atoms with Crippen LogP contribution in [0.3, 0.4) is 0 Å². The van der Waals surface area contributed by atoms with Crippen molar-refractivity contribution in [3.63, 3.8) is 0 Å². The standard InChI is InChI=1S/C6H6N2O3/c9-6(10)4-1-2-7-3-5(4)8-11/h1-3,8,11H,(H,9,10). The molecule has 1 aromatic rings. The summed E-state index contributed by atoms with van der Waals surface area (Å²) in [5, 5.41) is 16.9. The molecule has 0 aliphatic carbocycles. The number of carboxylic acid groups (broad SMARTS) is 1. The van der Waals surface area contributed by atoms with Gasteiger partial charge in [0.05, 0.1) is 17.4 Å². The van der Waals surface area contributed by atoms with Gasteiger partial charge in [-0.2, -0.15) is 0 Å². The van der Waals surface area contributed by atoms with Gasteiger partial charge in [-0.15, -0.1) is 0 Å². The van der Waals surface area contributed by atoms with Gasteiger partial charge in [0.25, 0.3) is 0 Å². The van der Waals surface area contributed by atoms with E-state index in [4.69, 9.17) is 10.3 Å². The summed E-state index contributed by atoms with van der Waals surface area (Å²) in [4.78, 5) is 14.0. The number of nitrogens with one attached hydrogen (secondary N) is 1. The molecule has 3 N–H and O–H groups in total. The number of rotatable bonds is 2. The van der Waals surface area contributed by atoms with Crippen molar-refractivity contribution in [1.82, 2.24) is 4.98 Å². The van der Waals surface area contributed by atoms with E-state index < -0.39 is 5.97 Å². The smallest absolute Gasteiger partial charge is 0.338 e. The summed E-state index contributed by atoms with van der Waals surface area (Å²) in [5.41, 5.74) is 1.81. The van der Waals surface area contributed by atoms with Crippen molar-refractivity contribution in [3.05, 3.63) is 24.0 Å². The molecule has 1 rings (SSSR count). The topological polar surface area (TPSA) is 82.5 Å². The van der Waals surface area contributed by atoms with Gasteiger partial charge >= 0.3 is 5.97 Å². The predicted octanol–water partition coefficient (Wildman–Crippen LogP) is 0.581. The van der Waals surface area contributed by atoms with Crippen LogP contribution in [-0.2, 0) is 0 Å². The van der Waals surface area contributed by atoms with E-state index in [9.17, 15) is 4.79 Å². The molecule has 5 nitrogen and oxygen atoms in total. The van der Waals surface area contributed by atoms with Crippen molar-refractivity contribution in [3.8, 4) is 0 Å². The highest BCUT2D eigenvalue weighted by atomic mass is 16.5. The van der Waals surface area contributed by atoms with E-state index in [1.54, 1.807) is 5.48 Å². The Morgan fingerprint density at radius 1 is 1.64 bits per heavy atom. The number of aromatic nitrogens is 1. The Labute approximate surface area is 62.3 Å². The molecule has 0 aliphatic rings. The van der Waals surface area contributed by atoms with Crippen LogP contribution in [0.4, 0.5) is 5.69 Å². The van der Waals surface area contributed by atoms with Crippen molar-refractivity contribution in [2.24, 2.45) is 0 Å². The van der Waals surface area contributed by atoms with Crippen LogP contribution in [0.25, 0.3) is 0 Å². The second kappa shape index (κ2) is 2.98. The van der Waals surface area contributed by atoms with Crippen LogP contribution in [0, 0.1) is 0 Å². The fraction of sp³-hybridized carbons (Fsp3) is 0. The highest BCUT2D eigenvalue weighted by molar-refractivity contribution is 5.93. The first-order valence-corrected chi connectivity index (χ1v) is 2.83. The van der Waals surface area contributed by atoms with Gasteiger partial charge in [-0.1, -0.05) is 0 Å². The lowest BCUT2D eigenvalue weighted by molar-refractivity contribution is 0.0697. The molecule has 0 aromatic carbocycles. The summed E-state index contributed by atoms with van der Waals surface area (Å²) >= 11 is 0. The molecule has 0 spiro atoms. The molecule has 58 valence electrons. The van der Waals surface area contributed by atoms with Crippen LogP contribution < -0.4 is 5.48 Å². The number of hydrogen-bond donors (Lipinski definition) is 3. The summed E-state index contributed by atoms with van der Waals surface area (Å²) < 4.78 is 0. The first kappa shape index (κ1) is 7.49. The Balaban J connectivity index is 3.12. The van der Waals surface area contributed by atoms with Crippen LogP contribution in [0.15, 0.2) is 18.5 Å². The summed E-state index contributed by atoms with van der Waals surface area (Å²) in [6, 6.07) is 1.29. The molecule has 0 bridgehead atoms. The van der Waals surface area contributed by atoms with E-state index >= 15 is 0 Å².